The number of rotatable bonds is 6. The van der Waals surface area contributed by atoms with Gasteiger partial charge in [0.1, 0.15) is 5.75 Å². The molecule has 2 rings (SSSR count). The number of ether oxygens (including phenoxy) is 1. The average Bonchev–Trinajstić information content (AvgIpc) is 2.39. The molecule has 116 valence electrons. The lowest BCUT2D eigenvalue weighted by Crippen LogP contribution is -2.57. The minimum Gasteiger partial charge on any atom is -0.484 e. The van der Waals surface area contributed by atoms with Crippen LogP contribution in [0.3, 0.4) is 0 Å². The van der Waals surface area contributed by atoms with Crippen LogP contribution < -0.4 is 10.5 Å². The van der Waals surface area contributed by atoms with Crippen LogP contribution in [0, 0.1) is 0 Å². The fourth-order valence-electron chi connectivity index (χ4n) is 2.72. The number of likely N-dealkylation sites (N-methyl/N-ethyl adjacent to an activating group) is 2. The third-order valence-corrected chi connectivity index (χ3v) is 4.41. The van der Waals surface area contributed by atoms with Crippen LogP contribution in [0.4, 0.5) is 5.69 Å². The van der Waals surface area contributed by atoms with E-state index in [-0.39, 0.29) is 18.1 Å². The van der Waals surface area contributed by atoms with Crippen LogP contribution in [0.2, 0.25) is 0 Å². The van der Waals surface area contributed by atoms with E-state index < -0.39 is 0 Å². The predicted octanol–water partition coefficient (Wildman–Crippen LogP) is 1.59. The van der Waals surface area contributed by atoms with Gasteiger partial charge in [0.2, 0.25) is 0 Å². The molecular weight excluding hydrogens is 266 g/mol. The predicted molar refractivity (Wildman–Crippen MR) is 84.3 cm³/mol. The third-order valence-electron chi connectivity index (χ3n) is 4.41. The Balaban J connectivity index is 1.85. The summed E-state index contributed by atoms with van der Waals surface area (Å²) in [6, 6.07) is 7.13. The SMILES string of the molecule is CN(CC1(N(C)C)CCC1)C(=O)COc1cccc(N)c1. The van der Waals surface area contributed by atoms with E-state index in [1.807, 2.05) is 13.1 Å². The van der Waals surface area contributed by atoms with Gasteiger partial charge in [-0.2, -0.15) is 0 Å². The second-order valence-electron chi connectivity index (χ2n) is 6.08. The molecule has 0 bridgehead atoms. The molecule has 0 atom stereocenters. The molecule has 0 radical (unpaired) electrons. The van der Waals surface area contributed by atoms with Crippen LogP contribution >= 0.6 is 0 Å². The normalized spacial score (nSPS) is 16.4. The molecule has 1 aliphatic carbocycles. The second-order valence-corrected chi connectivity index (χ2v) is 6.08. The number of nitrogen functional groups attached to an aromatic ring is 1. The Labute approximate surface area is 126 Å². The minimum absolute atomic E-state index is 0.00875. The number of carbonyl (C=O) groups excluding carboxylic acids is 1. The van der Waals surface area contributed by atoms with E-state index in [1.165, 1.54) is 6.42 Å². The quantitative estimate of drug-likeness (QED) is 0.809. The Kier molecular flexibility index (Phi) is 4.73. The summed E-state index contributed by atoms with van der Waals surface area (Å²) < 4.78 is 5.51. The van der Waals surface area contributed by atoms with Crippen molar-refractivity contribution in [2.24, 2.45) is 0 Å². The molecule has 1 saturated carbocycles. The fraction of sp³-hybridized carbons (Fsp3) is 0.562. The lowest BCUT2D eigenvalue weighted by Gasteiger charge is -2.49. The monoisotopic (exact) mass is 291 g/mol. The minimum atomic E-state index is -0.00875. The largest absolute Gasteiger partial charge is 0.484 e. The van der Waals surface area contributed by atoms with Gasteiger partial charge in [0.05, 0.1) is 0 Å². The summed E-state index contributed by atoms with van der Waals surface area (Å²) in [4.78, 5) is 16.2. The first-order valence-corrected chi connectivity index (χ1v) is 7.33. The van der Waals surface area contributed by atoms with Crippen molar-refractivity contribution in [3.8, 4) is 5.75 Å². The van der Waals surface area contributed by atoms with Gasteiger partial charge in [-0.15, -0.1) is 0 Å². The Hall–Kier alpha value is -1.75. The molecule has 0 aromatic heterocycles. The molecule has 21 heavy (non-hydrogen) atoms. The lowest BCUT2D eigenvalue weighted by atomic mass is 9.75. The summed E-state index contributed by atoms with van der Waals surface area (Å²) in [5, 5.41) is 0. The highest BCUT2D eigenvalue weighted by Crippen LogP contribution is 2.36. The van der Waals surface area contributed by atoms with Gasteiger partial charge in [-0.1, -0.05) is 6.07 Å². The number of hydrogen-bond donors (Lipinski definition) is 1. The van der Waals surface area contributed by atoms with Crippen LogP contribution in [0.1, 0.15) is 19.3 Å². The molecule has 5 heteroatoms. The zero-order valence-corrected chi connectivity index (χ0v) is 13.1. The van der Waals surface area contributed by atoms with Crippen LogP contribution in [-0.2, 0) is 4.79 Å². The standard InChI is InChI=1S/C16H25N3O2/c1-18(2)16(8-5-9-16)12-19(3)15(20)11-21-14-7-4-6-13(17)10-14/h4,6-7,10H,5,8-9,11-12,17H2,1-3H3. The van der Waals surface area contributed by atoms with Gasteiger partial charge in [0.15, 0.2) is 6.61 Å². The van der Waals surface area contributed by atoms with Gasteiger partial charge >= 0.3 is 0 Å². The molecular formula is C16H25N3O2. The van der Waals surface area contributed by atoms with Crippen LogP contribution in [0.15, 0.2) is 24.3 Å². The summed E-state index contributed by atoms with van der Waals surface area (Å²) >= 11 is 0. The molecule has 5 nitrogen and oxygen atoms in total. The van der Waals surface area contributed by atoms with Crippen molar-refractivity contribution in [2.75, 3.05) is 40.0 Å². The van der Waals surface area contributed by atoms with E-state index in [9.17, 15) is 4.79 Å². The summed E-state index contributed by atoms with van der Waals surface area (Å²) in [5.41, 5.74) is 6.46. The van der Waals surface area contributed by atoms with Gasteiger partial charge in [0.25, 0.3) is 5.91 Å². The maximum atomic E-state index is 12.2. The third kappa shape index (κ3) is 3.67. The highest BCUT2D eigenvalue weighted by atomic mass is 16.5. The first kappa shape index (κ1) is 15.6. The molecule has 2 N–H and O–H groups in total. The van der Waals surface area contributed by atoms with E-state index in [0.29, 0.717) is 11.4 Å². The zero-order chi connectivity index (χ0) is 15.5. The Bertz CT molecular complexity index is 498. The number of carbonyl (C=O) groups is 1. The molecule has 0 unspecified atom stereocenters. The van der Waals surface area contributed by atoms with Gasteiger partial charge in [0, 0.05) is 30.9 Å². The van der Waals surface area contributed by atoms with Gasteiger partial charge < -0.3 is 20.3 Å². The van der Waals surface area contributed by atoms with Crippen molar-refractivity contribution in [1.29, 1.82) is 0 Å². The van der Waals surface area contributed by atoms with Crippen molar-refractivity contribution in [2.45, 2.75) is 24.8 Å². The van der Waals surface area contributed by atoms with Crippen molar-refractivity contribution in [3.05, 3.63) is 24.3 Å². The maximum absolute atomic E-state index is 12.2. The smallest absolute Gasteiger partial charge is 0.260 e. The van der Waals surface area contributed by atoms with E-state index in [0.717, 1.165) is 19.4 Å². The van der Waals surface area contributed by atoms with Crippen LogP contribution in [-0.4, -0.2) is 55.5 Å². The lowest BCUT2D eigenvalue weighted by molar-refractivity contribution is -0.134. The number of nitrogens with zero attached hydrogens (tertiary/aromatic N) is 2. The summed E-state index contributed by atoms with van der Waals surface area (Å²) in [6.07, 6.45) is 3.53. The van der Waals surface area contributed by atoms with Crippen molar-refractivity contribution in [1.82, 2.24) is 9.80 Å². The van der Waals surface area contributed by atoms with Crippen LogP contribution in [0.5, 0.6) is 5.75 Å². The number of nitrogens with two attached hydrogens (primary N) is 1. The molecule has 0 spiro atoms. The first-order chi connectivity index (χ1) is 9.93. The summed E-state index contributed by atoms with van der Waals surface area (Å²) in [5.74, 6) is 0.619. The fourth-order valence-corrected chi connectivity index (χ4v) is 2.72. The average molecular weight is 291 g/mol. The highest BCUT2D eigenvalue weighted by molar-refractivity contribution is 5.77. The number of amides is 1. The zero-order valence-electron chi connectivity index (χ0n) is 13.1. The van der Waals surface area contributed by atoms with Crippen molar-refractivity contribution >= 4 is 11.6 Å². The Morgan fingerprint density at radius 1 is 1.33 bits per heavy atom. The maximum Gasteiger partial charge on any atom is 0.260 e. The molecule has 1 amide bonds. The molecule has 1 aromatic rings. The van der Waals surface area contributed by atoms with Gasteiger partial charge in [-0.25, -0.2) is 0 Å². The molecule has 1 fully saturated rings. The number of hydrogen-bond acceptors (Lipinski definition) is 4. The van der Waals surface area contributed by atoms with E-state index in [4.69, 9.17) is 10.5 Å². The second kappa shape index (κ2) is 6.35. The summed E-state index contributed by atoms with van der Waals surface area (Å²) in [7, 11) is 6.01. The molecule has 0 heterocycles. The number of benzene rings is 1. The van der Waals surface area contributed by atoms with E-state index in [2.05, 4.69) is 19.0 Å². The van der Waals surface area contributed by atoms with Crippen molar-refractivity contribution < 1.29 is 9.53 Å². The Morgan fingerprint density at radius 2 is 2.05 bits per heavy atom. The first-order valence-electron chi connectivity index (χ1n) is 7.33. The van der Waals surface area contributed by atoms with Gasteiger partial charge in [-0.3, -0.25) is 4.79 Å². The summed E-state index contributed by atoms with van der Waals surface area (Å²) in [6.45, 7) is 0.794. The van der Waals surface area contributed by atoms with Crippen LogP contribution in [0.25, 0.3) is 0 Å². The molecule has 1 aromatic carbocycles. The molecule has 1 aliphatic rings. The molecule has 0 aliphatic heterocycles. The van der Waals surface area contributed by atoms with Gasteiger partial charge in [-0.05, 0) is 45.5 Å². The van der Waals surface area contributed by atoms with E-state index >= 15 is 0 Å². The van der Waals surface area contributed by atoms with E-state index in [1.54, 1.807) is 23.1 Å². The molecule has 0 saturated heterocycles. The Morgan fingerprint density at radius 3 is 2.57 bits per heavy atom. The van der Waals surface area contributed by atoms with Crippen molar-refractivity contribution in [3.63, 3.8) is 0 Å². The number of anilines is 1. The topological polar surface area (TPSA) is 58.8 Å². The highest BCUT2D eigenvalue weighted by Gasteiger charge is 2.40.